The molecule has 58 valence electrons. The Kier molecular flexibility index (Phi) is 1.63. The molecule has 0 amide bonds. The van der Waals surface area contributed by atoms with Crippen molar-refractivity contribution in [2.75, 3.05) is 6.61 Å². The van der Waals surface area contributed by atoms with Crippen LogP contribution in [-0.2, 0) is 6.42 Å². The Morgan fingerprint density at radius 2 is 2.36 bits per heavy atom. The van der Waals surface area contributed by atoms with E-state index in [4.69, 9.17) is 16.7 Å². The second-order valence-corrected chi connectivity index (χ2v) is 3.36. The van der Waals surface area contributed by atoms with Crippen molar-refractivity contribution in [3.8, 4) is 0 Å². The first-order valence-electron chi connectivity index (χ1n) is 3.70. The van der Waals surface area contributed by atoms with Gasteiger partial charge in [-0.25, -0.2) is 0 Å². The van der Waals surface area contributed by atoms with E-state index in [-0.39, 0.29) is 6.61 Å². The maximum absolute atomic E-state index is 8.88. The van der Waals surface area contributed by atoms with Gasteiger partial charge in [-0.3, -0.25) is 0 Å². The van der Waals surface area contributed by atoms with Crippen LogP contribution in [0.25, 0.3) is 0 Å². The fourth-order valence-electron chi connectivity index (χ4n) is 1.54. The standard InChI is InChI=1S/C9H9ClO/c10-8-2-1-6-3-7(5-11)9(6)4-8/h1-2,4,7,11H,3,5H2. The third kappa shape index (κ3) is 1.05. The van der Waals surface area contributed by atoms with Gasteiger partial charge in [0, 0.05) is 10.9 Å². The average molecular weight is 169 g/mol. The molecular formula is C9H9ClO. The summed E-state index contributed by atoms with van der Waals surface area (Å²) in [6.45, 7) is 0.243. The molecule has 0 saturated heterocycles. The molecular weight excluding hydrogens is 160 g/mol. The lowest BCUT2D eigenvalue weighted by Gasteiger charge is -2.28. The number of rotatable bonds is 1. The van der Waals surface area contributed by atoms with Crippen LogP contribution in [0, 0.1) is 0 Å². The zero-order chi connectivity index (χ0) is 7.84. The normalized spacial score (nSPS) is 20.7. The fourth-order valence-corrected chi connectivity index (χ4v) is 1.72. The number of hydrogen-bond donors (Lipinski definition) is 1. The van der Waals surface area contributed by atoms with Crippen LogP contribution >= 0.6 is 11.6 Å². The summed E-state index contributed by atoms with van der Waals surface area (Å²) in [6, 6.07) is 5.87. The molecule has 0 bridgehead atoms. The zero-order valence-corrected chi connectivity index (χ0v) is 6.80. The Morgan fingerprint density at radius 3 is 3.09 bits per heavy atom. The van der Waals surface area contributed by atoms with Gasteiger partial charge in [0.1, 0.15) is 0 Å². The lowest BCUT2D eigenvalue weighted by molar-refractivity contribution is 0.253. The van der Waals surface area contributed by atoms with Crippen LogP contribution in [0.2, 0.25) is 5.02 Å². The second kappa shape index (κ2) is 2.50. The van der Waals surface area contributed by atoms with Crippen LogP contribution in [0.5, 0.6) is 0 Å². The van der Waals surface area contributed by atoms with Crippen LogP contribution in [0.4, 0.5) is 0 Å². The highest BCUT2D eigenvalue weighted by atomic mass is 35.5. The highest BCUT2D eigenvalue weighted by Crippen LogP contribution is 2.35. The molecule has 1 unspecified atom stereocenters. The Labute approximate surface area is 70.6 Å². The van der Waals surface area contributed by atoms with Crippen molar-refractivity contribution in [3.63, 3.8) is 0 Å². The predicted octanol–water partition coefficient (Wildman–Crippen LogP) is 1.97. The quantitative estimate of drug-likeness (QED) is 0.680. The van der Waals surface area contributed by atoms with Crippen molar-refractivity contribution in [1.29, 1.82) is 0 Å². The molecule has 0 heterocycles. The van der Waals surface area contributed by atoms with Crippen molar-refractivity contribution >= 4 is 11.6 Å². The van der Waals surface area contributed by atoms with Gasteiger partial charge in [0.2, 0.25) is 0 Å². The van der Waals surface area contributed by atoms with Crippen LogP contribution < -0.4 is 0 Å². The van der Waals surface area contributed by atoms with E-state index in [1.807, 2.05) is 18.2 Å². The topological polar surface area (TPSA) is 20.2 Å². The summed E-state index contributed by atoms with van der Waals surface area (Å²) in [6.07, 6.45) is 1.00. The molecule has 0 fully saturated rings. The Hall–Kier alpha value is -0.530. The monoisotopic (exact) mass is 168 g/mol. The lowest BCUT2D eigenvalue weighted by Crippen LogP contribution is -2.19. The number of benzene rings is 1. The van der Waals surface area contributed by atoms with Gasteiger partial charge in [0.15, 0.2) is 0 Å². The summed E-state index contributed by atoms with van der Waals surface area (Å²) in [7, 11) is 0. The molecule has 1 aliphatic carbocycles. The molecule has 11 heavy (non-hydrogen) atoms. The molecule has 2 heteroatoms. The molecule has 0 spiro atoms. The lowest BCUT2D eigenvalue weighted by atomic mass is 9.78. The number of fused-ring (bicyclic) bond motifs is 1. The Balaban J connectivity index is 2.37. The van der Waals surface area contributed by atoms with Gasteiger partial charge in [0.05, 0.1) is 6.61 Å². The molecule has 0 aliphatic heterocycles. The molecule has 1 aromatic carbocycles. The summed E-state index contributed by atoms with van der Waals surface area (Å²) in [5.41, 5.74) is 2.55. The second-order valence-electron chi connectivity index (χ2n) is 2.93. The van der Waals surface area contributed by atoms with Crippen molar-refractivity contribution < 1.29 is 5.11 Å². The minimum atomic E-state index is 0.243. The molecule has 1 aliphatic rings. The molecule has 1 atom stereocenters. The van der Waals surface area contributed by atoms with Gasteiger partial charge in [0.25, 0.3) is 0 Å². The third-order valence-corrected chi connectivity index (χ3v) is 2.47. The summed E-state index contributed by atoms with van der Waals surface area (Å²) in [5, 5.41) is 9.65. The molecule has 2 rings (SSSR count). The molecule has 0 aromatic heterocycles. The maximum Gasteiger partial charge on any atom is 0.0503 e. The number of aliphatic hydroxyl groups excluding tert-OH is 1. The Bertz CT molecular complexity index is 283. The van der Waals surface area contributed by atoms with E-state index in [0.717, 1.165) is 11.4 Å². The van der Waals surface area contributed by atoms with E-state index in [9.17, 15) is 0 Å². The average Bonchev–Trinajstić information content (AvgIpc) is 1.97. The van der Waals surface area contributed by atoms with Gasteiger partial charge in [-0.05, 0) is 29.7 Å². The highest BCUT2D eigenvalue weighted by molar-refractivity contribution is 6.30. The SMILES string of the molecule is OCC1Cc2ccc(Cl)cc21. The Morgan fingerprint density at radius 1 is 1.55 bits per heavy atom. The van der Waals surface area contributed by atoms with E-state index in [0.29, 0.717) is 5.92 Å². The maximum atomic E-state index is 8.88. The van der Waals surface area contributed by atoms with Crippen LogP contribution in [0.15, 0.2) is 18.2 Å². The highest BCUT2D eigenvalue weighted by Gasteiger charge is 2.24. The van der Waals surface area contributed by atoms with E-state index in [1.165, 1.54) is 11.1 Å². The van der Waals surface area contributed by atoms with E-state index in [1.54, 1.807) is 0 Å². The molecule has 1 nitrogen and oxygen atoms in total. The summed E-state index contributed by atoms with van der Waals surface area (Å²) in [4.78, 5) is 0. The summed E-state index contributed by atoms with van der Waals surface area (Å²) >= 11 is 5.79. The van der Waals surface area contributed by atoms with E-state index in [2.05, 4.69) is 0 Å². The van der Waals surface area contributed by atoms with Crippen molar-refractivity contribution in [2.24, 2.45) is 0 Å². The third-order valence-electron chi connectivity index (χ3n) is 2.23. The molecule has 0 saturated carbocycles. The van der Waals surface area contributed by atoms with Crippen LogP contribution in [0.3, 0.4) is 0 Å². The van der Waals surface area contributed by atoms with Crippen molar-refractivity contribution in [2.45, 2.75) is 12.3 Å². The largest absolute Gasteiger partial charge is 0.396 e. The van der Waals surface area contributed by atoms with Gasteiger partial charge in [-0.15, -0.1) is 0 Å². The van der Waals surface area contributed by atoms with Crippen molar-refractivity contribution in [1.82, 2.24) is 0 Å². The van der Waals surface area contributed by atoms with Crippen molar-refractivity contribution in [3.05, 3.63) is 34.3 Å². The number of hydrogen-bond acceptors (Lipinski definition) is 1. The van der Waals surface area contributed by atoms with Gasteiger partial charge in [-0.2, -0.15) is 0 Å². The predicted molar refractivity (Wildman–Crippen MR) is 45.0 cm³/mol. The van der Waals surface area contributed by atoms with E-state index >= 15 is 0 Å². The summed E-state index contributed by atoms with van der Waals surface area (Å²) < 4.78 is 0. The molecule has 1 aromatic rings. The zero-order valence-electron chi connectivity index (χ0n) is 6.05. The minimum absolute atomic E-state index is 0.243. The molecule has 1 N–H and O–H groups in total. The van der Waals surface area contributed by atoms with Gasteiger partial charge < -0.3 is 5.11 Å². The first kappa shape index (κ1) is 7.14. The number of aliphatic hydroxyl groups is 1. The van der Waals surface area contributed by atoms with Crippen LogP contribution in [0.1, 0.15) is 17.0 Å². The summed E-state index contributed by atoms with van der Waals surface area (Å²) in [5.74, 6) is 0.337. The first-order chi connectivity index (χ1) is 5.31. The minimum Gasteiger partial charge on any atom is -0.396 e. The number of halogens is 1. The van der Waals surface area contributed by atoms with E-state index < -0.39 is 0 Å². The first-order valence-corrected chi connectivity index (χ1v) is 4.08. The van der Waals surface area contributed by atoms with Gasteiger partial charge >= 0.3 is 0 Å². The van der Waals surface area contributed by atoms with Gasteiger partial charge in [-0.1, -0.05) is 17.7 Å². The smallest absolute Gasteiger partial charge is 0.0503 e. The molecule has 0 radical (unpaired) electrons. The fraction of sp³-hybridized carbons (Fsp3) is 0.333. The van der Waals surface area contributed by atoms with Crippen LogP contribution in [-0.4, -0.2) is 11.7 Å².